The third kappa shape index (κ3) is 3.16. The van der Waals surface area contributed by atoms with Crippen LogP contribution < -0.4 is 5.32 Å². The number of nitrogens with one attached hydrogen (secondary N) is 1. The lowest BCUT2D eigenvalue weighted by Crippen LogP contribution is -2.23. The fourth-order valence-electron chi connectivity index (χ4n) is 1.52. The number of halogens is 2. The maximum absolute atomic E-state index is 13.4. The van der Waals surface area contributed by atoms with Gasteiger partial charge in [-0.05, 0) is 30.3 Å². The van der Waals surface area contributed by atoms with Gasteiger partial charge in [-0.15, -0.1) is 0 Å². The van der Waals surface area contributed by atoms with E-state index in [9.17, 15) is 14.0 Å². The van der Waals surface area contributed by atoms with Gasteiger partial charge in [0.2, 0.25) is 5.76 Å². The minimum Gasteiger partial charge on any atom is -0.475 e. The molecule has 0 atom stereocenters. The van der Waals surface area contributed by atoms with Crippen LogP contribution in [0.4, 0.5) is 4.39 Å². The molecule has 0 fully saturated rings. The summed E-state index contributed by atoms with van der Waals surface area (Å²) in [4.78, 5) is 22.4. The second-order valence-electron chi connectivity index (χ2n) is 3.88. The van der Waals surface area contributed by atoms with Gasteiger partial charge in [-0.25, -0.2) is 9.18 Å². The maximum atomic E-state index is 13.4. The molecule has 0 bridgehead atoms. The summed E-state index contributed by atoms with van der Waals surface area (Å²) in [6.07, 6.45) is 0. The van der Waals surface area contributed by atoms with Crippen LogP contribution in [0.5, 0.6) is 0 Å². The first-order valence-corrected chi connectivity index (χ1v) is 5.90. The molecule has 104 valence electrons. The van der Waals surface area contributed by atoms with Crippen LogP contribution in [0.1, 0.15) is 26.7 Å². The van der Waals surface area contributed by atoms with E-state index in [0.29, 0.717) is 0 Å². The lowest BCUT2D eigenvalue weighted by Gasteiger charge is -2.05. The van der Waals surface area contributed by atoms with Gasteiger partial charge in [0.25, 0.3) is 5.91 Å². The molecule has 2 rings (SSSR count). The molecule has 0 aliphatic carbocycles. The Hall–Kier alpha value is -2.34. The van der Waals surface area contributed by atoms with Crippen LogP contribution in [-0.4, -0.2) is 17.0 Å². The molecule has 1 aromatic heterocycles. The van der Waals surface area contributed by atoms with Crippen molar-refractivity contribution < 1.29 is 23.5 Å². The van der Waals surface area contributed by atoms with Crippen LogP contribution in [0.2, 0.25) is 5.02 Å². The summed E-state index contributed by atoms with van der Waals surface area (Å²) in [5.74, 6) is -2.55. The molecule has 0 aliphatic rings. The number of amides is 1. The molecule has 2 aromatic rings. The first kappa shape index (κ1) is 14.1. The van der Waals surface area contributed by atoms with Gasteiger partial charge in [0.1, 0.15) is 11.6 Å². The molecule has 0 saturated carbocycles. The molecule has 7 heteroatoms. The van der Waals surface area contributed by atoms with E-state index in [-0.39, 0.29) is 28.7 Å². The van der Waals surface area contributed by atoms with Gasteiger partial charge in [0, 0.05) is 5.02 Å². The zero-order chi connectivity index (χ0) is 14.7. The van der Waals surface area contributed by atoms with E-state index in [2.05, 4.69) is 5.32 Å². The van der Waals surface area contributed by atoms with E-state index in [1.54, 1.807) is 0 Å². The molecule has 2 N–H and O–H groups in total. The van der Waals surface area contributed by atoms with Crippen LogP contribution >= 0.6 is 11.6 Å². The third-order valence-electron chi connectivity index (χ3n) is 2.47. The first-order valence-electron chi connectivity index (χ1n) is 5.52. The largest absolute Gasteiger partial charge is 0.475 e. The highest BCUT2D eigenvalue weighted by Crippen LogP contribution is 2.15. The Kier molecular flexibility index (Phi) is 4.05. The molecular formula is C13H9ClFNO4. The first-order chi connectivity index (χ1) is 9.47. The second-order valence-corrected chi connectivity index (χ2v) is 4.31. The lowest BCUT2D eigenvalue weighted by atomic mass is 10.2. The Bertz CT molecular complexity index is 668. The Labute approximate surface area is 118 Å². The summed E-state index contributed by atoms with van der Waals surface area (Å²) in [5, 5.41) is 11.3. The van der Waals surface area contributed by atoms with Gasteiger partial charge in [-0.1, -0.05) is 11.6 Å². The number of carbonyl (C=O) groups excluding carboxylic acids is 1. The van der Waals surface area contributed by atoms with Crippen LogP contribution in [0.25, 0.3) is 0 Å². The molecule has 0 spiro atoms. The van der Waals surface area contributed by atoms with Crippen molar-refractivity contribution in [3.63, 3.8) is 0 Å². The van der Waals surface area contributed by atoms with E-state index in [1.807, 2.05) is 0 Å². The summed E-state index contributed by atoms with van der Waals surface area (Å²) in [7, 11) is 0. The van der Waals surface area contributed by atoms with Gasteiger partial charge in [-0.3, -0.25) is 4.79 Å². The number of carbonyl (C=O) groups is 2. The topological polar surface area (TPSA) is 79.5 Å². The third-order valence-corrected chi connectivity index (χ3v) is 2.70. The van der Waals surface area contributed by atoms with Crippen LogP contribution in [0.3, 0.4) is 0 Å². The quantitative estimate of drug-likeness (QED) is 0.909. The number of carboxylic acid groups (broad SMARTS) is 1. The number of furan rings is 1. The molecule has 1 amide bonds. The molecule has 0 unspecified atom stereocenters. The smallest absolute Gasteiger partial charge is 0.371 e. The highest BCUT2D eigenvalue weighted by molar-refractivity contribution is 6.31. The molecule has 0 aliphatic heterocycles. The van der Waals surface area contributed by atoms with Crippen LogP contribution in [-0.2, 0) is 6.54 Å². The van der Waals surface area contributed by atoms with Gasteiger partial charge >= 0.3 is 5.97 Å². The average Bonchev–Trinajstić information content (AvgIpc) is 2.88. The minimum atomic E-state index is -1.21. The van der Waals surface area contributed by atoms with E-state index >= 15 is 0 Å². The molecule has 0 radical (unpaired) electrons. The fourth-order valence-corrected chi connectivity index (χ4v) is 1.69. The number of rotatable bonds is 4. The summed E-state index contributed by atoms with van der Waals surface area (Å²) in [5.41, 5.74) is -0.192. The Balaban J connectivity index is 2.04. The zero-order valence-electron chi connectivity index (χ0n) is 10.0. The van der Waals surface area contributed by atoms with Gasteiger partial charge < -0.3 is 14.8 Å². The Morgan fingerprint density at radius 2 is 2.05 bits per heavy atom. The molecule has 1 aromatic carbocycles. The van der Waals surface area contributed by atoms with Crippen molar-refractivity contribution in [1.82, 2.24) is 5.32 Å². The standard InChI is InChI=1S/C13H9ClFNO4/c14-7-1-3-10(15)9(5-7)12(17)16-6-8-2-4-11(20-8)13(18)19/h1-5H,6H2,(H,16,17)(H,18,19). The highest BCUT2D eigenvalue weighted by atomic mass is 35.5. The minimum absolute atomic E-state index is 0.0575. The predicted octanol–water partition coefficient (Wildman–Crippen LogP) is 2.70. The second kappa shape index (κ2) is 5.75. The molecule has 5 nitrogen and oxygen atoms in total. The predicted molar refractivity (Wildman–Crippen MR) is 68.2 cm³/mol. The average molecular weight is 298 g/mol. The fraction of sp³-hybridized carbons (Fsp3) is 0.0769. The number of carboxylic acids is 1. The Morgan fingerprint density at radius 1 is 1.30 bits per heavy atom. The van der Waals surface area contributed by atoms with Crippen molar-refractivity contribution in [2.24, 2.45) is 0 Å². The number of hydrogen-bond donors (Lipinski definition) is 2. The number of hydrogen-bond acceptors (Lipinski definition) is 3. The van der Waals surface area contributed by atoms with Crippen molar-refractivity contribution in [1.29, 1.82) is 0 Å². The summed E-state index contributed by atoms with van der Waals surface area (Å²) >= 11 is 5.69. The van der Waals surface area contributed by atoms with E-state index in [0.717, 1.165) is 6.07 Å². The van der Waals surface area contributed by atoms with Crippen LogP contribution in [0.15, 0.2) is 34.7 Å². The van der Waals surface area contributed by atoms with Crippen LogP contribution in [0, 0.1) is 5.82 Å². The molecule has 20 heavy (non-hydrogen) atoms. The molecular weight excluding hydrogens is 289 g/mol. The highest BCUT2D eigenvalue weighted by Gasteiger charge is 2.14. The van der Waals surface area contributed by atoms with Crippen molar-refractivity contribution in [2.75, 3.05) is 0 Å². The maximum Gasteiger partial charge on any atom is 0.371 e. The van der Waals surface area contributed by atoms with E-state index in [1.165, 1.54) is 24.3 Å². The van der Waals surface area contributed by atoms with E-state index in [4.69, 9.17) is 21.1 Å². The lowest BCUT2D eigenvalue weighted by molar-refractivity contribution is 0.0660. The number of aromatic carboxylic acids is 1. The molecule has 0 saturated heterocycles. The van der Waals surface area contributed by atoms with Crippen molar-refractivity contribution in [2.45, 2.75) is 6.54 Å². The Morgan fingerprint density at radius 3 is 2.70 bits per heavy atom. The van der Waals surface area contributed by atoms with Gasteiger partial charge in [0.05, 0.1) is 12.1 Å². The zero-order valence-corrected chi connectivity index (χ0v) is 10.8. The van der Waals surface area contributed by atoms with Crippen molar-refractivity contribution in [3.8, 4) is 0 Å². The molecule has 1 heterocycles. The normalized spacial score (nSPS) is 10.3. The SMILES string of the molecule is O=C(O)c1ccc(CNC(=O)c2cc(Cl)ccc2F)o1. The van der Waals surface area contributed by atoms with Crippen molar-refractivity contribution in [3.05, 3.63) is 58.3 Å². The summed E-state index contributed by atoms with van der Waals surface area (Å²) in [6.45, 7) is -0.0575. The monoisotopic (exact) mass is 297 g/mol. The van der Waals surface area contributed by atoms with E-state index < -0.39 is 17.7 Å². The summed E-state index contributed by atoms with van der Waals surface area (Å²) < 4.78 is 18.4. The summed E-state index contributed by atoms with van der Waals surface area (Å²) in [6, 6.07) is 6.31. The van der Waals surface area contributed by atoms with Crippen molar-refractivity contribution >= 4 is 23.5 Å². The van der Waals surface area contributed by atoms with Gasteiger partial charge in [0.15, 0.2) is 0 Å². The number of benzene rings is 1. The van der Waals surface area contributed by atoms with Gasteiger partial charge in [-0.2, -0.15) is 0 Å².